The van der Waals surface area contributed by atoms with Gasteiger partial charge in [0.1, 0.15) is 11.0 Å². The van der Waals surface area contributed by atoms with E-state index in [9.17, 15) is 13.2 Å². The van der Waals surface area contributed by atoms with Gasteiger partial charge in [-0.2, -0.15) is 4.31 Å². The van der Waals surface area contributed by atoms with Crippen LogP contribution in [0.1, 0.15) is 5.01 Å². The Morgan fingerprint density at radius 2 is 2.12 bits per heavy atom. The van der Waals surface area contributed by atoms with E-state index < -0.39 is 16.1 Å². The Morgan fingerprint density at radius 3 is 2.79 bits per heavy atom. The molecule has 130 valence electrons. The molecule has 1 aliphatic rings. The maximum absolute atomic E-state index is 12.1. The highest BCUT2D eigenvalue weighted by Crippen LogP contribution is 2.24. The maximum Gasteiger partial charge on any atom is 0.239 e. The highest BCUT2D eigenvalue weighted by molar-refractivity contribution is 7.88. The molecule has 2 aromatic rings. The summed E-state index contributed by atoms with van der Waals surface area (Å²) in [6.07, 6.45) is 1.14. The van der Waals surface area contributed by atoms with Gasteiger partial charge in [-0.1, -0.05) is 12.1 Å². The minimum atomic E-state index is -3.41. The van der Waals surface area contributed by atoms with Crippen LogP contribution >= 0.6 is 11.3 Å². The molecule has 1 unspecified atom stereocenters. The van der Waals surface area contributed by atoms with Crippen LogP contribution in [0.15, 0.2) is 24.3 Å². The van der Waals surface area contributed by atoms with Crippen LogP contribution in [-0.2, 0) is 21.4 Å². The molecule has 0 aliphatic carbocycles. The number of nitrogens with zero attached hydrogens (tertiary/aromatic N) is 3. The monoisotopic (exact) mass is 368 g/mol. The molecule has 0 radical (unpaired) electrons. The fraction of sp³-hybridized carbons (Fsp3) is 0.467. The average molecular weight is 368 g/mol. The molecule has 1 aliphatic heterocycles. The molecule has 1 saturated heterocycles. The van der Waals surface area contributed by atoms with Crippen molar-refractivity contribution in [2.24, 2.45) is 0 Å². The third-order valence-corrected chi connectivity index (χ3v) is 6.40. The zero-order valence-corrected chi connectivity index (χ0v) is 15.2. The minimum Gasteiger partial charge on any atom is -0.358 e. The van der Waals surface area contributed by atoms with Crippen molar-refractivity contribution in [1.29, 1.82) is 0 Å². The molecule has 24 heavy (non-hydrogen) atoms. The van der Waals surface area contributed by atoms with E-state index in [1.165, 1.54) is 11.4 Å². The maximum atomic E-state index is 12.1. The molecule has 1 fully saturated rings. The zero-order chi connectivity index (χ0) is 17.3. The number of carbonyl (C=O) groups is 1. The van der Waals surface area contributed by atoms with Crippen molar-refractivity contribution in [2.45, 2.75) is 12.6 Å². The number of para-hydroxylation sites is 1. The predicted molar refractivity (Wildman–Crippen MR) is 94.3 cm³/mol. The fourth-order valence-corrected chi connectivity index (χ4v) is 4.97. The molecule has 3 rings (SSSR count). The largest absolute Gasteiger partial charge is 0.358 e. The number of aromatic nitrogens is 1. The smallest absolute Gasteiger partial charge is 0.239 e. The van der Waals surface area contributed by atoms with E-state index in [2.05, 4.69) is 15.2 Å². The first-order valence-electron chi connectivity index (χ1n) is 7.63. The summed E-state index contributed by atoms with van der Waals surface area (Å²) in [5.41, 5.74) is 0.968. The number of likely N-dealkylation sites (N-methyl/N-ethyl adjacent to an activating group) is 1. The van der Waals surface area contributed by atoms with Crippen LogP contribution in [0.5, 0.6) is 0 Å². The summed E-state index contributed by atoms with van der Waals surface area (Å²) >= 11 is 1.63. The molecule has 2 heterocycles. The van der Waals surface area contributed by atoms with E-state index in [4.69, 9.17) is 0 Å². The van der Waals surface area contributed by atoms with Crippen LogP contribution in [0.2, 0.25) is 0 Å². The molecule has 0 saturated carbocycles. The number of amides is 1. The summed E-state index contributed by atoms with van der Waals surface area (Å²) in [7, 11) is -1.89. The van der Waals surface area contributed by atoms with E-state index in [1.54, 1.807) is 11.3 Å². The average Bonchev–Trinajstić information content (AvgIpc) is 2.95. The summed E-state index contributed by atoms with van der Waals surface area (Å²) < 4.78 is 26.2. The Labute approximate surface area is 145 Å². The van der Waals surface area contributed by atoms with Crippen LogP contribution < -0.4 is 5.32 Å². The van der Waals surface area contributed by atoms with E-state index in [1.807, 2.05) is 24.3 Å². The Kier molecular flexibility index (Phi) is 4.86. The molecule has 0 bridgehead atoms. The number of hydrogen-bond acceptors (Lipinski definition) is 6. The van der Waals surface area contributed by atoms with E-state index in [-0.39, 0.29) is 5.91 Å². The lowest BCUT2D eigenvalue weighted by Crippen LogP contribution is -2.59. The van der Waals surface area contributed by atoms with E-state index in [0.29, 0.717) is 26.2 Å². The Bertz CT molecular complexity index is 816. The minimum absolute atomic E-state index is 0.283. The SMILES string of the molecule is CNC(=O)C1CN(Cc2nc3ccccc3s2)CCN1S(C)(=O)=O. The number of fused-ring (bicyclic) bond motifs is 1. The van der Waals surface area contributed by atoms with E-state index >= 15 is 0 Å². The van der Waals surface area contributed by atoms with Gasteiger partial charge >= 0.3 is 0 Å². The van der Waals surface area contributed by atoms with Gasteiger partial charge in [-0.15, -0.1) is 11.3 Å². The summed E-state index contributed by atoms with van der Waals surface area (Å²) in [6.45, 7) is 1.87. The number of piperazine rings is 1. The Balaban J connectivity index is 1.77. The van der Waals surface area contributed by atoms with Crippen LogP contribution in [0.4, 0.5) is 0 Å². The van der Waals surface area contributed by atoms with Gasteiger partial charge in [0.15, 0.2) is 0 Å². The summed E-state index contributed by atoms with van der Waals surface area (Å²) in [4.78, 5) is 18.8. The number of sulfonamides is 1. The lowest BCUT2D eigenvalue weighted by atomic mass is 10.2. The van der Waals surface area contributed by atoms with Crippen molar-refractivity contribution >= 4 is 37.5 Å². The molecule has 1 N–H and O–H groups in total. The molecule has 1 aromatic heterocycles. The lowest BCUT2D eigenvalue weighted by molar-refractivity contribution is -0.126. The Morgan fingerprint density at radius 1 is 1.38 bits per heavy atom. The molecular formula is C15H20N4O3S2. The van der Waals surface area contributed by atoms with Crippen molar-refractivity contribution in [2.75, 3.05) is 32.9 Å². The van der Waals surface area contributed by atoms with Crippen LogP contribution in [0, 0.1) is 0 Å². The van der Waals surface area contributed by atoms with Crippen molar-refractivity contribution < 1.29 is 13.2 Å². The van der Waals surface area contributed by atoms with Gasteiger partial charge in [-0.25, -0.2) is 13.4 Å². The van der Waals surface area contributed by atoms with Gasteiger partial charge < -0.3 is 5.32 Å². The molecule has 9 heteroatoms. The number of nitrogens with one attached hydrogen (secondary N) is 1. The first kappa shape index (κ1) is 17.3. The topological polar surface area (TPSA) is 82.6 Å². The second-order valence-corrected chi connectivity index (χ2v) is 8.86. The number of benzene rings is 1. The molecule has 1 amide bonds. The van der Waals surface area contributed by atoms with Crippen LogP contribution in [0.25, 0.3) is 10.2 Å². The predicted octanol–water partition coefficient (Wildman–Crippen LogP) is 0.488. The molecular weight excluding hydrogens is 348 g/mol. The van der Waals surface area contributed by atoms with Crippen LogP contribution in [-0.4, -0.2) is 67.5 Å². The van der Waals surface area contributed by atoms with Gasteiger partial charge in [0.25, 0.3) is 0 Å². The van der Waals surface area contributed by atoms with Crippen molar-refractivity contribution in [3.05, 3.63) is 29.3 Å². The Hall–Kier alpha value is -1.55. The quantitative estimate of drug-likeness (QED) is 0.849. The van der Waals surface area contributed by atoms with Crippen LogP contribution in [0.3, 0.4) is 0 Å². The number of hydrogen-bond donors (Lipinski definition) is 1. The van der Waals surface area contributed by atoms with Gasteiger partial charge in [-0.3, -0.25) is 9.69 Å². The standard InChI is InChI=1S/C15H20N4O3S2/c1-16-15(20)12-9-18(7-8-19(12)24(2,21)22)10-14-17-11-5-3-4-6-13(11)23-14/h3-6,12H,7-10H2,1-2H3,(H,16,20). The summed E-state index contributed by atoms with van der Waals surface area (Å²) in [5.74, 6) is -0.283. The molecule has 1 aromatic carbocycles. The lowest BCUT2D eigenvalue weighted by Gasteiger charge is -2.38. The molecule has 7 nitrogen and oxygen atoms in total. The van der Waals surface area contributed by atoms with Crippen molar-refractivity contribution in [3.8, 4) is 0 Å². The van der Waals surface area contributed by atoms with E-state index in [0.717, 1.165) is 21.5 Å². The third-order valence-electron chi connectivity index (χ3n) is 4.09. The van der Waals surface area contributed by atoms with Crippen molar-refractivity contribution in [3.63, 3.8) is 0 Å². The fourth-order valence-electron chi connectivity index (χ4n) is 2.92. The normalized spacial score (nSPS) is 20.3. The summed E-state index contributed by atoms with van der Waals surface area (Å²) in [5, 5.41) is 3.53. The zero-order valence-electron chi connectivity index (χ0n) is 13.6. The summed E-state index contributed by atoms with van der Waals surface area (Å²) in [6, 6.07) is 7.25. The second kappa shape index (κ2) is 6.75. The van der Waals surface area contributed by atoms with Gasteiger partial charge in [-0.05, 0) is 12.1 Å². The number of carbonyl (C=O) groups excluding carboxylic acids is 1. The van der Waals surface area contributed by atoms with Gasteiger partial charge in [0.05, 0.1) is 23.0 Å². The second-order valence-electron chi connectivity index (χ2n) is 5.81. The molecule has 0 spiro atoms. The number of thiazole rings is 1. The van der Waals surface area contributed by atoms with Gasteiger partial charge in [0.2, 0.25) is 15.9 Å². The number of rotatable bonds is 4. The third kappa shape index (κ3) is 3.59. The molecule has 1 atom stereocenters. The first-order valence-corrected chi connectivity index (χ1v) is 10.3. The highest BCUT2D eigenvalue weighted by Gasteiger charge is 2.37. The first-order chi connectivity index (χ1) is 11.4. The highest BCUT2D eigenvalue weighted by atomic mass is 32.2. The van der Waals surface area contributed by atoms with Crippen molar-refractivity contribution in [1.82, 2.24) is 19.5 Å². The van der Waals surface area contributed by atoms with Gasteiger partial charge in [0, 0.05) is 26.7 Å².